The van der Waals surface area contributed by atoms with Crippen molar-refractivity contribution in [2.75, 3.05) is 0 Å². The lowest BCUT2D eigenvalue weighted by Crippen LogP contribution is -2.23. The Morgan fingerprint density at radius 1 is 1.71 bits per heavy atom. The van der Waals surface area contributed by atoms with E-state index in [1.165, 1.54) is 0 Å². The van der Waals surface area contributed by atoms with Crippen molar-refractivity contribution in [3.8, 4) is 0 Å². The molecule has 7 heavy (non-hydrogen) atoms. The Morgan fingerprint density at radius 2 is 2.57 bits per heavy atom. The van der Waals surface area contributed by atoms with E-state index in [0.717, 1.165) is 12.8 Å². The number of piperidine rings is 1. The predicted molar refractivity (Wildman–Crippen MR) is 26.3 cm³/mol. The molecule has 1 saturated heterocycles. The highest BCUT2D eigenvalue weighted by Gasteiger charge is 2.04. The minimum Gasteiger partial charge on any atom is -0.351 e. The van der Waals surface area contributed by atoms with Crippen molar-refractivity contribution < 1.29 is 4.79 Å². The van der Waals surface area contributed by atoms with Gasteiger partial charge in [0.15, 0.2) is 0 Å². The third kappa shape index (κ3) is 1.18. The molecular weight excluding hydrogens is 90.1 g/mol. The molecule has 1 radical (unpaired) electrons. The average Bonchev–Trinajstić information content (AvgIpc) is 1.69. The number of nitrogens with one attached hydrogen (secondary N) is 1. The summed E-state index contributed by atoms with van der Waals surface area (Å²) in [4.78, 5) is 10.3. The fraction of sp³-hybridized carbons (Fsp3) is 0.600. The highest BCUT2D eigenvalue weighted by molar-refractivity contribution is 5.77. The van der Waals surface area contributed by atoms with Crippen LogP contribution in [0.25, 0.3) is 0 Å². The quantitative estimate of drug-likeness (QED) is 0.468. The Balaban J connectivity index is 2.25. The fourth-order valence-corrected chi connectivity index (χ4v) is 0.623. The molecule has 1 amide bonds. The third-order valence-corrected chi connectivity index (χ3v) is 1.02. The Hall–Kier alpha value is -0.530. The summed E-state index contributed by atoms with van der Waals surface area (Å²) in [6.45, 7) is 1.81. The molecule has 0 aromatic rings. The number of hydrogen-bond donors (Lipinski definition) is 1. The van der Waals surface area contributed by atoms with E-state index < -0.39 is 0 Å². The van der Waals surface area contributed by atoms with Crippen LogP contribution in [0.4, 0.5) is 0 Å². The van der Waals surface area contributed by atoms with Gasteiger partial charge in [-0.3, -0.25) is 4.79 Å². The number of carbonyl (C=O) groups excluding carboxylic acids is 1. The highest BCUT2D eigenvalue weighted by Crippen LogP contribution is 2.01. The zero-order chi connectivity index (χ0) is 5.11. The molecule has 0 atom stereocenters. The molecule has 1 heterocycles. The van der Waals surface area contributed by atoms with E-state index in [0.29, 0.717) is 6.42 Å². The van der Waals surface area contributed by atoms with E-state index in [2.05, 4.69) is 5.32 Å². The first-order valence-corrected chi connectivity index (χ1v) is 2.50. The van der Waals surface area contributed by atoms with Gasteiger partial charge in [0.05, 0.1) is 0 Å². The van der Waals surface area contributed by atoms with Crippen LogP contribution in [0.1, 0.15) is 19.3 Å². The molecule has 1 aliphatic heterocycles. The topological polar surface area (TPSA) is 29.1 Å². The molecule has 39 valence electrons. The van der Waals surface area contributed by atoms with Crippen LogP contribution in [-0.2, 0) is 4.79 Å². The van der Waals surface area contributed by atoms with Gasteiger partial charge in [-0.05, 0) is 12.8 Å². The summed E-state index contributed by atoms with van der Waals surface area (Å²) in [5.41, 5.74) is 0. The SMILES string of the molecule is O=C1CCC[CH]N1. The van der Waals surface area contributed by atoms with E-state index in [1.54, 1.807) is 0 Å². The molecule has 0 aromatic heterocycles. The van der Waals surface area contributed by atoms with Gasteiger partial charge in [0.2, 0.25) is 5.91 Å². The zero-order valence-electron chi connectivity index (χ0n) is 4.11. The van der Waals surface area contributed by atoms with E-state index >= 15 is 0 Å². The van der Waals surface area contributed by atoms with Crippen LogP contribution in [0.15, 0.2) is 0 Å². The first kappa shape index (κ1) is 4.62. The maximum absolute atomic E-state index is 10.3. The molecule has 0 saturated carbocycles. The first-order valence-electron chi connectivity index (χ1n) is 2.50. The van der Waals surface area contributed by atoms with Gasteiger partial charge in [0, 0.05) is 13.0 Å². The van der Waals surface area contributed by atoms with Crippen molar-refractivity contribution in [3.05, 3.63) is 6.54 Å². The summed E-state index contributed by atoms with van der Waals surface area (Å²) in [7, 11) is 0. The number of hydrogen-bond acceptors (Lipinski definition) is 1. The molecule has 0 unspecified atom stereocenters. The van der Waals surface area contributed by atoms with Gasteiger partial charge in [-0.1, -0.05) is 0 Å². The Bertz CT molecular complexity index is 72.1. The second-order valence-corrected chi connectivity index (χ2v) is 1.66. The fourth-order valence-electron chi connectivity index (χ4n) is 0.623. The van der Waals surface area contributed by atoms with Gasteiger partial charge in [-0.15, -0.1) is 0 Å². The van der Waals surface area contributed by atoms with Gasteiger partial charge in [-0.2, -0.15) is 0 Å². The van der Waals surface area contributed by atoms with Crippen LogP contribution in [0, 0.1) is 6.54 Å². The van der Waals surface area contributed by atoms with E-state index in [-0.39, 0.29) is 5.91 Å². The van der Waals surface area contributed by atoms with Crippen LogP contribution < -0.4 is 5.32 Å². The second-order valence-electron chi connectivity index (χ2n) is 1.66. The smallest absolute Gasteiger partial charge is 0.220 e. The van der Waals surface area contributed by atoms with Crippen LogP contribution in [0.2, 0.25) is 0 Å². The normalized spacial score (nSPS) is 21.4. The third-order valence-electron chi connectivity index (χ3n) is 1.02. The van der Waals surface area contributed by atoms with Gasteiger partial charge in [-0.25, -0.2) is 0 Å². The van der Waals surface area contributed by atoms with Crippen molar-refractivity contribution >= 4 is 5.91 Å². The summed E-state index contributed by atoms with van der Waals surface area (Å²) in [5, 5.41) is 2.62. The Labute approximate surface area is 42.9 Å². The number of amides is 1. The molecule has 1 rings (SSSR count). The van der Waals surface area contributed by atoms with E-state index in [1.807, 2.05) is 6.54 Å². The zero-order valence-corrected chi connectivity index (χ0v) is 4.11. The Kier molecular flexibility index (Phi) is 1.29. The molecule has 1 fully saturated rings. The molecule has 2 heteroatoms. The van der Waals surface area contributed by atoms with Crippen LogP contribution >= 0.6 is 0 Å². The predicted octanol–water partition coefficient (Wildman–Crippen LogP) is 0.448. The molecule has 0 aromatic carbocycles. The Morgan fingerprint density at radius 3 is 2.86 bits per heavy atom. The van der Waals surface area contributed by atoms with Crippen molar-refractivity contribution in [3.63, 3.8) is 0 Å². The van der Waals surface area contributed by atoms with Crippen molar-refractivity contribution in [2.45, 2.75) is 19.3 Å². The van der Waals surface area contributed by atoms with Crippen LogP contribution in [0.5, 0.6) is 0 Å². The van der Waals surface area contributed by atoms with Crippen LogP contribution in [0.3, 0.4) is 0 Å². The van der Waals surface area contributed by atoms with Gasteiger partial charge in [0.1, 0.15) is 0 Å². The van der Waals surface area contributed by atoms with Crippen molar-refractivity contribution in [2.24, 2.45) is 0 Å². The van der Waals surface area contributed by atoms with Crippen molar-refractivity contribution in [1.82, 2.24) is 5.32 Å². The molecule has 1 N–H and O–H groups in total. The van der Waals surface area contributed by atoms with Gasteiger partial charge < -0.3 is 5.32 Å². The minimum absolute atomic E-state index is 0.159. The summed E-state index contributed by atoms with van der Waals surface area (Å²) in [6, 6.07) is 0. The standard InChI is InChI=1S/C5H8NO/c7-5-3-1-2-4-6-5/h4H,1-3H2,(H,6,7). The maximum atomic E-state index is 10.3. The average molecular weight is 98.1 g/mol. The second kappa shape index (κ2) is 1.96. The molecule has 1 aliphatic rings. The summed E-state index contributed by atoms with van der Waals surface area (Å²) < 4.78 is 0. The number of rotatable bonds is 0. The van der Waals surface area contributed by atoms with Gasteiger partial charge >= 0.3 is 0 Å². The molecule has 0 bridgehead atoms. The summed E-state index contributed by atoms with van der Waals surface area (Å²) in [5.74, 6) is 0.159. The molecular formula is C5H8NO. The van der Waals surface area contributed by atoms with E-state index in [9.17, 15) is 4.79 Å². The lowest BCUT2D eigenvalue weighted by molar-refractivity contribution is -0.121. The van der Waals surface area contributed by atoms with E-state index in [4.69, 9.17) is 0 Å². The van der Waals surface area contributed by atoms with Crippen LogP contribution in [-0.4, -0.2) is 5.91 Å². The molecule has 0 aliphatic carbocycles. The largest absolute Gasteiger partial charge is 0.351 e. The van der Waals surface area contributed by atoms with Crippen molar-refractivity contribution in [1.29, 1.82) is 0 Å². The minimum atomic E-state index is 0.159. The lowest BCUT2D eigenvalue weighted by Gasteiger charge is -2.08. The summed E-state index contributed by atoms with van der Waals surface area (Å²) in [6.07, 6.45) is 2.76. The monoisotopic (exact) mass is 98.1 g/mol. The first-order chi connectivity index (χ1) is 3.39. The molecule has 0 spiro atoms. The van der Waals surface area contributed by atoms with Gasteiger partial charge in [0.25, 0.3) is 0 Å². The highest BCUT2D eigenvalue weighted by atomic mass is 16.1. The molecule has 2 nitrogen and oxygen atoms in total. The lowest BCUT2D eigenvalue weighted by atomic mass is 10.2. The maximum Gasteiger partial charge on any atom is 0.220 e. The number of carbonyl (C=O) groups is 1. The summed E-state index contributed by atoms with van der Waals surface area (Å²) >= 11 is 0.